The molecule has 0 fully saturated rings. The third kappa shape index (κ3) is 1.10. The van der Waals surface area contributed by atoms with Gasteiger partial charge >= 0.3 is 67.9 Å². The fraction of sp³-hybridized carbons (Fsp3) is 0.333. The molecular weight excluding hydrogens is 159 g/mol. The molecule has 0 aromatic carbocycles. The van der Waals surface area contributed by atoms with E-state index in [4.69, 9.17) is 5.11 Å². The van der Waals surface area contributed by atoms with Gasteiger partial charge in [-0.1, -0.05) is 0 Å². The van der Waals surface area contributed by atoms with Crippen molar-refractivity contribution in [2.24, 2.45) is 0 Å². The molecule has 0 spiro atoms. The molecule has 1 N–H and O–H groups in total. The molecule has 5 heteroatoms. The van der Waals surface area contributed by atoms with E-state index in [9.17, 15) is 0 Å². The predicted molar refractivity (Wildman–Crippen MR) is 45.1 cm³/mol. The Labute approximate surface area is 68.6 Å². The minimum atomic E-state index is 0.0213. The summed E-state index contributed by atoms with van der Waals surface area (Å²) in [5, 5.41) is 8.76. The Morgan fingerprint density at radius 1 is 1.82 bits per heavy atom. The standard InChI is InChI=1S/C6H7BN2OS/c1-4-7-9-2-5(3-10)8-6(9)11-4/h2,10H,3H2,1H3. The van der Waals surface area contributed by atoms with Crippen LogP contribution in [0.5, 0.6) is 0 Å². The molecule has 0 unspecified atom stereocenters. The average molecular weight is 166 g/mol. The maximum atomic E-state index is 8.76. The van der Waals surface area contributed by atoms with Gasteiger partial charge in [0.1, 0.15) is 0 Å². The summed E-state index contributed by atoms with van der Waals surface area (Å²) in [5.41, 5.74) is 0.733. The van der Waals surface area contributed by atoms with Crippen molar-refractivity contribution < 1.29 is 5.11 Å². The molecule has 0 aliphatic carbocycles. The molecule has 0 aliphatic heterocycles. The quantitative estimate of drug-likeness (QED) is 0.671. The van der Waals surface area contributed by atoms with Gasteiger partial charge in [-0.15, -0.1) is 0 Å². The summed E-state index contributed by atoms with van der Waals surface area (Å²) in [5.74, 6) is 0. The summed E-state index contributed by atoms with van der Waals surface area (Å²) in [6.07, 6.45) is 1.85. The fourth-order valence-corrected chi connectivity index (χ4v) is 1.86. The van der Waals surface area contributed by atoms with Crippen LogP contribution >= 0.6 is 11.3 Å². The van der Waals surface area contributed by atoms with Crippen LogP contribution in [0.1, 0.15) is 10.5 Å². The van der Waals surface area contributed by atoms with Crippen LogP contribution in [0.15, 0.2) is 6.20 Å². The molecule has 0 saturated heterocycles. The van der Waals surface area contributed by atoms with Gasteiger partial charge in [0.15, 0.2) is 0 Å². The van der Waals surface area contributed by atoms with E-state index >= 15 is 0 Å². The summed E-state index contributed by atoms with van der Waals surface area (Å²) < 4.78 is 3.17. The monoisotopic (exact) mass is 166 g/mol. The molecule has 0 amide bonds. The molecule has 0 bridgehead atoms. The van der Waals surface area contributed by atoms with Crippen molar-refractivity contribution in [3.63, 3.8) is 0 Å². The van der Waals surface area contributed by atoms with Crippen LogP contribution in [-0.4, -0.2) is 21.5 Å². The number of rotatable bonds is 1. The van der Waals surface area contributed by atoms with Crippen LogP contribution in [0.3, 0.4) is 0 Å². The molecule has 56 valence electrons. The minimum absolute atomic E-state index is 0.0213. The second-order valence-corrected chi connectivity index (χ2v) is 3.64. The Morgan fingerprint density at radius 3 is 3.27 bits per heavy atom. The zero-order valence-electron chi connectivity index (χ0n) is 6.11. The van der Waals surface area contributed by atoms with Gasteiger partial charge < -0.3 is 0 Å². The van der Waals surface area contributed by atoms with Crippen LogP contribution in [0.4, 0.5) is 0 Å². The number of hydrogen-bond donors (Lipinski definition) is 1. The van der Waals surface area contributed by atoms with Gasteiger partial charge in [0.25, 0.3) is 0 Å². The number of fused-ring (bicyclic) bond motifs is 1. The first-order valence-corrected chi connectivity index (χ1v) is 4.16. The Balaban J connectivity index is 2.64. The van der Waals surface area contributed by atoms with Crippen molar-refractivity contribution in [2.75, 3.05) is 0 Å². The van der Waals surface area contributed by atoms with Gasteiger partial charge in [-0.3, -0.25) is 0 Å². The summed E-state index contributed by atoms with van der Waals surface area (Å²) in [4.78, 5) is 5.13. The van der Waals surface area contributed by atoms with Gasteiger partial charge in [-0.2, -0.15) is 0 Å². The van der Waals surface area contributed by atoms with E-state index in [0.717, 1.165) is 10.7 Å². The van der Waals surface area contributed by atoms with E-state index < -0.39 is 0 Å². The van der Waals surface area contributed by atoms with Crippen molar-refractivity contribution in [1.29, 1.82) is 0 Å². The maximum absolute atomic E-state index is 8.76. The van der Waals surface area contributed by atoms with Crippen LogP contribution in [0.25, 0.3) is 4.96 Å². The predicted octanol–water partition coefficient (Wildman–Crippen LogP) is 0.535. The molecule has 2 heterocycles. The van der Waals surface area contributed by atoms with E-state index in [2.05, 4.69) is 4.98 Å². The number of aliphatic hydroxyl groups excluding tert-OH is 1. The SMILES string of the molecule is Cc1bn2cc(CO)nc2s1. The molecule has 2 aromatic rings. The summed E-state index contributed by atoms with van der Waals surface area (Å²) in [6.45, 7) is 2.06. The van der Waals surface area contributed by atoms with E-state index in [1.807, 2.05) is 24.5 Å². The molecule has 11 heavy (non-hydrogen) atoms. The summed E-state index contributed by atoms with van der Waals surface area (Å²) in [6, 6.07) is 0. The molecule has 0 atom stereocenters. The number of aromatic nitrogens is 2. The summed E-state index contributed by atoms with van der Waals surface area (Å²) >= 11 is 1.63. The average Bonchev–Trinajstić information content (AvgIpc) is 2.43. The Morgan fingerprint density at radius 2 is 2.64 bits per heavy atom. The van der Waals surface area contributed by atoms with E-state index in [-0.39, 0.29) is 6.61 Å². The van der Waals surface area contributed by atoms with Crippen molar-refractivity contribution in [2.45, 2.75) is 13.5 Å². The second-order valence-electron chi connectivity index (χ2n) is 2.42. The Hall–Kier alpha value is -0.675. The van der Waals surface area contributed by atoms with Crippen LogP contribution in [0.2, 0.25) is 0 Å². The van der Waals surface area contributed by atoms with Crippen LogP contribution < -0.4 is 0 Å². The Kier molecular flexibility index (Phi) is 1.54. The first kappa shape index (κ1) is 7.00. The number of imidazole rings is 1. The van der Waals surface area contributed by atoms with Gasteiger partial charge in [0.2, 0.25) is 0 Å². The van der Waals surface area contributed by atoms with Gasteiger partial charge in [0.05, 0.1) is 0 Å². The number of aliphatic hydroxyl groups is 1. The first-order valence-electron chi connectivity index (χ1n) is 3.34. The van der Waals surface area contributed by atoms with Crippen molar-refractivity contribution in [3.8, 4) is 0 Å². The summed E-state index contributed by atoms with van der Waals surface area (Å²) in [7, 11) is 2.01. The Bertz CT molecular complexity index is 349. The third-order valence-corrected chi connectivity index (χ3v) is 2.40. The van der Waals surface area contributed by atoms with Crippen molar-refractivity contribution in [3.05, 3.63) is 16.7 Å². The molecule has 2 aromatic heterocycles. The van der Waals surface area contributed by atoms with Crippen LogP contribution in [0, 0.1) is 6.92 Å². The fourth-order valence-electron chi connectivity index (χ4n) is 1.04. The normalized spacial score (nSPS) is 10.7. The zero-order valence-corrected chi connectivity index (χ0v) is 6.93. The number of aryl methyl sites for hydroxylation is 1. The number of nitrogens with zero attached hydrogens (tertiary/aromatic N) is 2. The van der Waals surface area contributed by atoms with E-state index in [1.54, 1.807) is 11.3 Å². The molecule has 0 saturated carbocycles. The molecule has 0 radical (unpaired) electrons. The van der Waals surface area contributed by atoms with E-state index in [0.29, 0.717) is 0 Å². The number of hydrogen-bond acceptors (Lipinski definition) is 3. The van der Waals surface area contributed by atoms with Crippen molar-refractivity contribution in [1.82, 2.24) is 9.29 Å². The van der Waals surface area contributed by atoms with Crippen molar-refractivity contribution >= 4 is 23.4 Å². The second kappa shape index (κ2) is 2.42. The molecule has 3 nitrogen and oxygen atoms in total. The van der Waals surface area contributed by atoms with Crippen LogP contribution in [-0.2, 0) is 6.61 Å². The van der Waals surface area contributed by atoms with Gasteiger partial charge in [-0.25, -0.2) is 0 Å². The van der Waals surface area contributed by atoms with Gasteiger partial charge in [-0.05, 0) is 0 Å². The van der Waals surface area contributed by atoms with Gasteiger partial charge in [0, 0.05) is 0 Å². The molecular formula is C6H7BN2OS. The molecule has 0 aliphatic rings. The molecule has 2 rings (SSSR count). The zero-order chi connectivity index (χ0) is 7.84. The third-order valence-electron chi connectivity index (χ3n) is 1.48. The van der Waals surface area contributed by atoms with E-state index in [1.165, 1.54) is 4.77 Å². The first-order chi connectivity index (χ1) is 5.29. The topological polar surface area (TPSA) is 37.5 Å².